The van der Waals surface area contributed by atoms with E-state index >= 15 is 0 Å². The summed E-state index contributed by atoms with van der Waals surface area (Å²) in [6.45, 7) is 0. The second-order valence-electron chi connectivity index (χ2n) is 6.21. The first kappa shape index (κ1) is 17.9. The molecule has 0 fully saturated rings. The van der Waals surface area contributed by atoms with Crippen molar-refractivity contribution in [3.63, 3.8) is 0 Å². The van der Waals surface area contributed by atoms with E-state index in [1.165, 1.54) is 18.2 Å². The number of terminal acetylenes is 1. The van der Waals surface area contributed by atoms with Crippen LogP contribution >= 0.6 is 0 Å². The van der Waals surface area contributed by atoms with Crippen LogP contribution in [-0.2, 0) is 0 Å². The van der Waals surface area contributed by atoms with Crippen molar-refractivity contribution < 1.29 is 0 Å². The van der Waals surface area contributed by atoms with Gasteiger partial charge in [-0.15, -0.1) is 6.42 Å². The molecule has 0 unspecified atom stereocenters. The lowest BCUT2D eigenvalue weighted by Crippen LogP contribution is -1.98. The largest absolute Gasteiger partial charge is 0.236 e. The van der Waals surface area contributed by atoms with Gasteiger partial charge >= 0.3 is 0 Å². The molecule has 0 radical (unpaired) electrons. The molecule has 4 rings (SSSR count). The highest BCUT2D eigenvalue weighted by atomic mass is 14.8. The number of hydrogen-bond donors (Lipinski definition) is 0. The quantitative estimate of drug-likeness (QED) is 0.336. The van der Waals surface area contributed by atoms with Gasteiger partial charge in [-0.25, -0.2) is 9.97 Å². The van der Waals surface area contributed by atoms with E-state index in [1.807, 2.05) is 30.3 Å². The van der Waals surface area contributed by atoms with Crippen LogP contribution in [0.5, 0.6) is 0 Å². The third-order valence-corrected chi connectivity index (χ3v) is 4.73. The van der Waals surface area contributed by atoms with Gasteiger partial charge in [-0.2, -0.15) is 26.3 Å². The second kappa shape index (κ2) is 6.60. The first-order valence-corrected chi connectivity index (χ1v) is 8.36. The van der Waals surface area contributed by atoms with Crippen molar-refractivity contribution in [2.24, 2.45) is 0 Å². The number of aromatic nitrogens is 2. The Morgan fingerprint density at radius 1 is 0.533 bits per heavy atom. The molecule has 2 heterocycles. The van der Waals surface area contributed by atoms with E-state index in [0.717, 1.165) is 0 Å². The number of fused-ring (bicyclic) bond motifs is 6. The summed E-state index contributed by atoms with van der Waals surface area (Å²) in [7, 11) is 0. The van der Waals surface area contributed by atoms with Crippen molar-refractivity contribution in [3.8, 4) is 42.7 Å². The number of hydrogen-bond acceptors (Lipinski definition) is 7. The molecular formula is C23H5N7. The van der Waals surface area contributed by atoms with Crippen LogP contribution in [0.3, 0.4) is 0 Å². The molecule has 0 saturated heterocycles. The van der Waals surface area contributed by atoms with Gasteiger partial charge in [0.05, 0.1) is 33.3 Å². The summed E-state index contributed by atoms with van der Waals surface area (Å²) < 4.78 is 0. The lowest BCUT2D eigenvalue weighted by molar-refractivity contribution is 1.28. The van der Waals surface area contributed by atoms with Gasteiger partial charge in [0.15, 0.2) is 5.69 Å². The van der Waals surface area contributed by atoms with Crippen molar-refractivity contribution in [2.45, 2.75) is 0 Å². The van der Waals surface area contributed by atoms with Gasteiger partial charge in [-0.05, 0) is 41.0 Å². The summed E-state index contributed by atoms with van der Waals surface area (Å²) in [5, 5.41) is 49.2. The standard InChI is InChI=1S/C23H5N7/c1-2-20-14(9-26)5-18-16-3-12(7-24)13(8-25)4-17(16)19-6-15(10-27)21(11-28)30-23(19)22(18)29-20/h1,3-6H. The van der Waals surface area contributed by atoms with Crippen LogP contribution in [0.4, 0.5) is 0 Å². The minimum atomic E-state index is -0.0757. The topological polar surface area (TPSA) is 145 Å². The van der Waals surface area contributed by atoms with E-state index in [1.54, 1.807) is 6.07 Å². The van der Waals surface area contributed by atoms with Gasteiger partial charge in [0, 0.05) is 10.8 Å². The molecule has 0 amide bonds. The second-order valence-corrected chi connectivity index (χ2v) is 6.21. The number of rotatable bonds is 0. The minimum absolute atomic E-state index is 0.0688. The molecule has 0 N–H and O–H groups in total. The highest BCUT2D eigenvalue weighted by Crippen LogP contribution is 2.36. The molecule has 0 aliphatic heterocycles. The zero-order chi connectivity index (χ0) is 21.4. The molecule has 0 aliphatic rings. The summed E-state index contributed by atoms with van der Waals surface area (Å²) in [4.78, 5) is 8.74. The Labute approximate surface area is 169 Å². The summed E-state index contributed by atoms with van der Waals surface area (Å²) >= 11 is 0. The predicted molar refractivity (Wildman–Crippen MR) is 106 cm³/mol. The first-order valence-electron chi connectivity index (χ1n) is 8.36. The molecule has 7 nitrogen and oxygen atoms in total. The normalized spacial score (nSPS) is 9.80. The van der Waals surface area contributed by atoms with Gasteiger partial charge in [0.1, 0.15) is 36.0 Å². The van der Waals surface area contributed by atoms with Gasteiger partial charge in [0.25, 0.3) is 0 Å². The molecule has 0 atom stereocenters. The zero-order valence-electron chi connectivity index (χ0n) is 15.0. The lowest BCUT2D eigenvalue weighted by atomic mass is 9.93. The van der Waals surface area contributed by atoms with Crippen molar-refractivity contribution in [2.75, 3.05) is 0 Å². The smallest absolute Gasteiger partial charge is 0.159 e. The van der Waals surface area contributed by atoms with Crippen LogP contribution in [0.2, 0.25) is 0 Å². The molecule has 30 heavy (non-hydrogen) atoms. The fraction of sp³-hybridized carbons (Fsp3) is 0. The van der Waals surface area contributed by atoms with Crippen LogP contribution in [-0.4, -0.2) is 9.97 Å². The molecule has 0 spiro atoms. The van der Waals surface area contributed by atoms with Crippen molar-refractivity contribution >= 4 is 32.6 Å². The Morgan fingerprint density at radius 3 is 1.33 bits per heavy atom. The molecule has 4 aromatic rings. The van der Waals surface area contributed by atoms with Crippen LogP contribution in [0.25, 0.3) is 32.6 Å². The maximum Gasteiger partial charge on any atom is 0.159 e. The molecule has 2 aromatic carbocycles. The highest BCUT2D eigenvalue weighted by Gasteiger charge is 2.18. The Balaban J connectivity index is 2.42. The maximum absolute atomic E-state index is 9.45. The summed E-state index contributed by atoms with van der Waals surface area (Å²) in [5.41, 5.74) is 1.23. The Kier molecular flexibility index (Phi) is 3.94. The molecular weight excluding hydrogens is 374 g/mol. The van der Waals surface area contributed by atoms with Gasteiger partial charge in [-0.1, -0.05) is 0 Å². The average molecular weight is 379 g/mol. The number of nitriles is 5. The Morgan fingerprint density at radius 2 is 0.933 bits per heavy atom. The third kappa shape index (κ3) is 2.36. The van der Waals surface area contributed by atoms with Crippen molar-refractivity contribution in [3.05, 3.63) is 57.9 Å². The van der Waals surface area contributed by atoms with Crippen LogP contribution in [0, 0.1) is 69.0 Å². The van der Waals surface area contributed by atoms with E-state index in [-0.39, 0.29) is 33.6 Å². The van der Waals surface area contributed by atoms with E-state index < -0.39 is 0 Å². The zero-order valence-corrected chi connectivity index (χ0v) is 15.0. The number of benzene rings is 2. The lowest BCUT2D eigenvalue weighted by Gasteiger charge is -2.12. The summed E-state index contributed by atoms with van der Waals surface area (Å²) in [6.07, 6.45) is 5.50. The molecule has 0 saturated carbocycles. The molecule has 0 aliphatic carbocycles. The van der Waals surface area contributed by atoms with Crippen molar-refractivity contribution in [1.82, 2.24) is 9.97 Å². The molecule has 2 aromatic heterocycles. The fourth-order valence-electron chi connectivity index (χ4n) is 3.39. The van der Waals surface area contributed by atoms with Gasteiger partial charge in [-0.3, -0.25) is 0 Å². The van der Waals surface area contributed by atoms with E-state index in [2.05, 4.69) is 15.9 Å². The monoisotopic (exact) mass is 379 g/mol. The Hall–Kier alpha value is -5.47. The SMILES string of the molecule is C#Cc1nc2c(cc1C#N)c1cc(C#N)c(C#N)cc1c1cc(C#N)c(C#N)nc12. The summed E-state index contributed by atoms with van der Waals surface area (Å²) in [5.74, 6) is 2.37. The first-order chi connectivity index (χ1) is 14.6. The summed E-state index contributed by atoms with van der Waals surface area (Å²) in [6, 6.07) is 16.0. The molecule has 132 valence electrons. The van der Waals surface area contributed by atoms with Gasteiger partial charge in [0.2, 0.25) is 0 Å². The molecule has 7 heteroatoms. The van der Waals surface area contributed by atoms with E-state index in [4.69, 9.17) is 6.42 Å². The van der Waals surface area contributed by atoms with Crippen LogP contribution in [0.15, 0.2) is 24.3 Å². The van der Waals surface area contributed by atoms with Crippen molar-refractivity contribution in [1.29, 1.82) is 26.3 Å². The third-order valence-electron chi connectivity index (χ3n) is 4.73. The minimum Gasteiger partial charge on any atom is -0.236 e. The van der Waals surface area contributed by atoms with Crippen LogP contribution in [0.1, 0.15) is 33.6 Å². The maximum atomic E-state index is 9.45. The number of nitrogens with zero attached hydrogens (tertiary/aromatic N) is 7. The highest BCUT2D eigenvalue weighted by molar-refractivity contribution is 6.24. The number of pyridine rings is 2. The van der Waals surface area contributed by atoms with Crippen LogP contribution < -0.4 is 0 Å². The predicted octanol–water partition coefficient (Wildman–Crippen LogP) is 3.28. The molecule has 0 bridgehead atoms. The van der Waals surface area contributed by atoms with E-state index in [0.29, 0.717) is 32.6 Å². The fourth-order valence-corrected chi connectivity index (χ4v) is 3.39. The van der Waals surface area contributed by atoms with E-state index in [9.17, 15) is 26.3 Å². The average Bonchev–Trinajstić information content (AvgIpc) is 2.81. The van der Waals surface area contributed by atoms with Gasteiger partial charge < -0.3 is 0 Å². The Bertz CT molecular complexity index is 1340.